The van der Waals surface area contributed by atoms with Crippen LogP contribution in [0.2, 0.25) is 0 Å². The molecule has 0 bridgehead atoms. The zero-order valence-electron chi connectivity index (χ0n) is 14.1. The number of para-hydroxylation sites is 1. The van der Waals surface area contributed by atoms with Crippen LogP contribution in [0, 0.1) is 0 Å². The summed E-state index contributed by atoms with van der Waals surface area (Å²) < 4.78 is 0. The average Bonchev–Trinajstić information content (AvgIpc) is 3.06. The molecule has 1 aliphatic heterocycles. The molecule has 0 saturated heterocycles. The average molecular weight is 363 g/mol. The minimum Gasteiger partial charge on any atom is -0.360 e. The molecule has 1 amide bonds. The predicted octanol–water partition coefficient (Wildman–Crippen LogP) is 3.85. The second-order valence-electron chi connectivity index (χ2n) is 5.86. The zero-order valence-corrected chi connectivity index (χ0v) is 14.9. The Balaban J connectivity index is 1.54. The number of amides is 1. The number of fused-ring (bicyclic) bond motifs is 1. The summed E-state index contributed by atoms with van der Waals surface area (Å²) in [5.74, 6) is 0.631. The Bertz CT molecular complexity index is 1040. The van der Waals surface area contributed by atoms with Crippen LogP contribution in [0.5, 0.6) is 0 Å². The highest BCUT2D eigenvalue weighted by Gasteiger charge is 2.16. The summed E-state index contributed by atoms with van der Waals surface area (Å²) >= 11 is 1.60. The Morgan fingerprint density at radius 3 is 2.92 bits per heavy atom. The Labute approximate surface area is 154 Å². The van der Waals surface area contributed by atoms with Crippen LogP contribution in [-0.2, 0) is 4.79 Å². The monoisotopic (exact) mass is 363 g/mol. The molecule has 0 radical (unpaired) electrons. The molecule has 7 heteroatoms. The van der Waals surface area contributed by atoms with Gasteiger partial charge in [-0.2, -0.15) is 5.10 Å². The fourth-order valence-electron chi connectivity index (χ4n) is 2.80. The molecule has 0 unspecified atom stereocenters. The van der Waals surface area contributed by atoms with Gasteiger partial charge in [0, 0.05) is 41.0 Å². The standard InChI is InChI=1S/C19H17N5OS/c1-12(25)21-13-5-4-6-14(9-13)22-19-24-23-18(11-26-19)16-10-20-17-8-3-2-7-15(16)17/h2-10,20H,11H2,1H3,(H,21,25)(H,22,24). The molecule has 0 saturated carbocycles. The van der Waals surface area contributed by atoms with Crippen molar-refractivity contribution in [3.8, 4) is 0 Å². The van der Waals surface area contributed by atoms with Crippen molar-refractivity contribution in [1.82, 2.24) is 10.4 Å². The maximum Gasteiger partial charge on any atom is 0.221 e. The van der Waals surface area contributed by atoms with Crippen molar-refractivity contribution in [2.75, 3.05) is 11.1 Å². The number of H-pyrrole nitrogens is 1. The number of hydrogen-bond donors (Lipinski definition) is 3. The van der Waals surface area contributed by atoms with Crippen LogP contribution < -0.4 is 10.7 Å². The molecule has 26 heavy (non-hydrogen) atoms. The van der Waals surface area contributed by atoms with Crippen LogP contribution in [0.25, 0.3) is 10.9 Å². The van der Waals surface area contributed by atoms with Crippen LogP contribution in [0.4, 0.5) is 11.4 Å². The van der Waals surface area contributed by atoms with E-state index in [1.807, 2.05) is 42.6 Å². The molecule has 3 N–H and O–H groups in total. The fraction of sp³-hybridized carbons (Fsp3) is 0.105. The first-order chi connectivity index (χ1) is 12.7. The highest BCUT2D eigenvalue weighted by molar-refractivity contribution is 8.14. The molecule has 2 heterocycles. The number of hydrogen-bond acceptors (Lipinski definition) is 4. The maximum atomic E-state index is 11.2. The summed E-state index contributed by atoms with van der Waals surface area (Å²) in [5.41, 5.74) is 7.71. The highest BCUT2D eigenvalue weighted by atomic mass is 32.2. The molecule has 0 spiro atoms. The zero-order chi connectivity index (χ0) is 17.9. The van der Waals surface area contributed by atoms with Crippen LogP contribution in [0.3, 0.4) is 0 Å². The number of nitrogens with zero attached hydrogens (tertiary/aromatic N) is 2. The Morgan fingerprint density at radius 1 is 1.23 bits per heavy atom. The van der Waals surface area contributed by atoms with Gasteiger partial charge in [-0.05, 0) is 24.3 Å². The van der Waals surface area contributed by atoms with Gasteiger partial charge >= 0.3 is 0 Å². The molecule has 4 rings (SSSR count). The van der Waals surface area contributed by atoms with Crippen LogP contribution >= 0.6 is 11.8 Å². The summed E-state index contributed by atoms with van der Waals surface area (Å²) in [4.78, 5) is 19.0. The van der Waals surface area contributed by atoms with E-state index in [1.54, 1.807) is 11.8 Å². The van der Waals surface area contributed by atoms with Gasteiger partial charge in [-0.1, -0.05) is 36.0 Å². The largest absolute Gasteiger partial charge is 0.360 e. The fourth-order valence-corrected chi connectivity index (χ4v) is 3.57. The lowest BCUT2D eigenvalue weighted by Crippen LogP contribution is -2.25. The number of nitrogens with one attached hydrogen (secondary N) is 3. The Kier molecular flexibility index (Phi) is 4.45. The first kappa shape index (κ1) is 16.4. The van der Waals surface area contributed by atoms with E-state index < -0.39 is 0 Å². The van der Waals surface area contributed by atoms with Crippen molar-refractivity contribution in [3.05, 3.63) is 60.3 Å². The molecule has 0 aliphatic carbocycles. The van der Waals surface area contributed by atoms with Crippen LogP contribution in [0.15, 0.2) is 64.8 Å². The molecule has 6 nitrogen and oxygen atoms in total. The van der Waals surface area contributed by atoms with E-state index in [4.69, 9.17) is 0 Å². The number of carbonyl (C=O) groups is 1. The number of benzene rings is 2. The predicted molar refractivity (Wildman–Crippen MR) is 108 cm³/mol. The lowest BCUT2D eigenvalue weighted by atomic mass is 10.1. The maximum absolute atomic E-state index is 11.2. The Morgan fingerprint density at radius 2 is 2.12 bits per heavy atom. The number of hydrazone groups is 1. The summed E-state index contributed by atoms with van der Waals surface area (Å²) in [6.07, 6.45) is 1.99. The second-order valence-corrected chi connectivity index (χ2v) is 6.82. The van der Waals surface area contributed by atoms with Gasteiger partial charge in [0.15, 0.2) is 5.17 Å². The van der Waals surface area contributed by atoms with Gasteiger partial charge in [0.1, 0.15) is 0 Å². The van der Waals surface area contributed by atoms with Gasteiger partial charge in [0.05, 0.1) is 11.4 Å². The van der Waals surface area contributed by atoms with E-state index in [1.165, 1.54) is 6.92 Å². The number of anilines is 1. The number of amidine groups is 1. The van der Waals surface area contributed by atoms with Crippen molar-refractivity contribution in [3.63, 3.8) is 0 Å². The summed E-state index contributed by atoms with van der Waals surface area (Å²) in [5, 5.41) is 9.15. The van der Waals surface area contributed by atoms with E-state index in [0.29, 0.717) is 0 Å². The summed E-state index contributed by atoms with van der Waals surface area (Å²) in [7, 11) is 0. The Hall–Kier alpha value is -3.06. The summed E-state index contributed by atoms with van der Waals surface area (Å²) in [6, 6.07) is 15.6. The molecule has 0 fully saturated rings. The first-order valence-corrected chi connectivity index (χ1v) is 9.16. The number of aromatic nitrogens is 1. The second kappa shape index (κ2) is 7.05. The van der Waals surface area contributed by atoms with Crippen molar-refractivity contribution in [2.45, 2.75) is 6.92 Å². The number of aliphatic imine (C=N–C) groups is 1. The van der Waals surface area contributed by atoms with Crippen molar-refractivity contribution in [2.24, 2.45) is 10.1 Å². The van der Waals surface area contributed by atoms with Crippen molar-refractivity contribution < 1.29 is 4.79 Å². The third-order valence-electron chi connectivity index (χ3n) is 3.93. The molecule has 2 aromatic carbocycles. The van der Waals surface area contributed by atoms with E-state index in [-0.39, 0.29) is 5.91 Å². The molecule has 130 valence electrons. The normalized spacial score (nSPS) is 15.6. The lowest BCUT2D eigenvalue weighted by molar-refractivity contribution is -0.114. The van der Waals surface area contributed by atoms with Gasteiger partial charge in [0.25, 0.3) is 0 Å². The molecular formula is C19H17N5OS. The molecule has 1 aliphatic rings. The van der Waals surface area contributed by atoms with Gasteiger partial charge in [-0.15, -0.1) is 0 Å². The van der Waals surface area contributed by atoms with Crippen molar-refractivity contribution in [1.29, 1.82) is 0 Å². The quantitative estimate of drug-likeness (QED) is 0.661. The first-order valence-electron chi connectivity index (χ1n) is 8.17. The number of carbonyl (C=O) groups excluding carboxylic acids is 1. The smallest absolute Gasteiger partial charge is 0.221 e. The van der Waals surface area contributed by atoms with Gasteiger partial charge < -0.3 is 10.3 Å². The highest BCUT2D eigenvalue weighted by Crippen LogP contribution is 2.24. The van der Waals surface area contributed by atoms with Gasteiger partial charge in [-0.25, -0.2) is 4.99 Å². The van der Waals surface area contributed by atoms with Crippen LogP contribution in [-0.4, -0.2) is 27.5 Å². The minimum absolute atomic E-state index is 0.104. The van der Waals surface area contributed by atoms with E-state index in [2.05, 4.69) is 38.0 Å². The van der Waals surface area contributed by atoms with E-state index >= 15 is 0 Å². The minimum atomic E-state index is -0.104. The van der Waals surface area contributed by atoms with Gasteiger partial charge in [0.2, 0.25) is 5.91 Å². The van der Waals surface area contributed by atoms with E-state index in [9.17, 15) is 4.79 Å². The summed E-state index contributed by atoms with van der Waals surface area (Å²) in [6.45, 7) is 1.48. The van der Waals surface area contributed by atoms with E-state index in [0.717, 1.165) is 44.5 Å². The number of rotatable bonds is 3. The lowest BCUT2D eigenvalue weighted by Gasteiger charge is -2.14. The van der Waals surface area contributed by atoms with Crippen LogP contribution in [0.1, 0.15) is 12.5 Å². The molecular weight excluding hydrogens is 346 g/mol. The molecule has 0 atom stereocenters. The molecule has 1 aromatic heterocycles. The third-order valence-corrected chi connectivity index (χ3v) is 4.80. The number of aromatic amines is 1. The molecule has 3 aromatic rings. The van der Waals surface area contributed by atoms with Gasteiger partial charge in [-0.3, -0.25) is 10.2 Å². The SMILES string of the molecule is CC(=O)Nc1cccc(N=C2NN=C(c3c[nH]c4ccccc34)CS2)c1. The topological polar surface area (TPSA) is 81.6 Å². The third kappa shape index (κ3) is 3.48. The van der Waals surface area contributed by atoms with Crippen molar-refractivity contribution >= 4 is 50.8 Å². The number of thioether (sulfide) groups is 1.